The molecule has 0 saturated carbocycles. The van der Waals surface area contributed by atoms with Crippen LogP contribution in [0.25, 0.3) is 6.08 Å². The van der Waals surface area contributed by atoms with E-state index in [-0.39, 0.29) is 5.75 Å². The van der Waals surface area contributed by atoms with Gasteiger partial charge < -0.3 is 10.8 Å². The number of aromatic nitrogens is 2. The van der Waals surface area contributed by atoms with Crippen molar-refractivity contribution in [2.75, 3.05) is 25.4 Å². The van der Waals surface area contributed by atoms with Gasteiger partial charge in [-0.3, -0.25) is 9.88 Å². The lowest BCUT2D eigenvalue weighted by Gasteiger charge is -2.17. The van der Waals surface area contributed by atoms with E-state index in [4.69, 9.17) is 5.73 Å². The molecule has 2 aromatic heterocycles. The minimum Gasteiger partial charge on any atom is -0.506 e. The molecule has 21 heavy (non-hydrogen) atoms. The van der Waals surface area contributed by atoms with Gasteiger partial charge in [-0.15, -0.1) is 11.3 Å². The molecular formula is C15H18N4OS. The van der Waals surface area contributed by atoms with Crippen LogP contribution in [0.2, 0.25) is 0 Å². The predicted molar refractivity (Wildman–Crippen MR) is 85.3 cm³/mol. The second-order valence-corrected chi connectivity index (χ2v) is 6.15. The van der Waals surface area contributed by atoms with Gasteiger partial charge in [0.2, 0.25) is 0 Å². The minimum absolute atomic E-state index is 0.214. The molecule has 0 unspecified atom stereocenters. The molecule has 0 fully saturated rings. The second kappa shape index (κ2) is 6.24. The highest BCUT2D eigenvalue weighted by Gasteiger charge is 2.16. The summed E-state index contributed by atoms with van der Waals surface area (Å²) in [5, 5.41) is 10.3. The smallest absolute Gasteiger partial charge is 0.180 e. The topological polar surface area (TPSA) is 75.3 Å². The zero-order chi connectivity index (χ0) is 14.7. The molecule has 1 aliphatic heterocycles. The van der Waals surface area contributed by atoms with Crippen molar-refractivity contribution in [1.29, 1.82) is 0 Å². The number of hydrogen-bond acceptors (Lipinski definition) is 6. The maximum Gasteiger partial charge on any atom is 0.180 e. The summed E-state index contributed by atoms with van der Waals surface area (Å²) in [4.78, 5) is 12.2. The maximum absolute atomic E-state index is 9.66. The highest BCUT2D eigenvalue weighted by molar-refractivity contribution is 7.15. The molecule has 6 heteroatoms. The molecule has 3 N–H and O–H groups in total. The largest absolute Gasteiger partial charge is 0.506 e. The van der Waals surface area contributed by atoms with E-state index in [9.17, 15) is 5.11 Å². The summed E-state index contributed by atoms with van der Waals surface area (Å²) in [6.45, 7) is 2.84. The molecule has 0 bridgehead atoms. The average molecular weight is 302 g/mol. The lowest BCUT2D eigenvalue weighted by atomic mass is 10.2. The SMILES string of the molecule is Nc1nc2c(s1)CCN(C/C=C/c1ncccc1O)CC2. The predicted octanol–water partition coefficient (Wildman–Crippen LogP) is 1.94. The van der Waals surface area contributed by atoms with Crippen molar-refractivity contribution in [3.8, 4) is 5.75 Å². The van der Waals surface area contributed by atoms with Crippen LogP contribution in [-0.4, -0.2) is 39.6 Å². The van der Waals surface area contributed by atoms with Crippen LogP contribution in [-0.2, 0) is 12.8 Å². The molecule has 0 atom stereocenters. The van der Waals surface area contributed by atoms with Crippen molar-refractivity contribution in [3.05, 3.63) is 40.7 Å². The van der Waals surface area contributed by atoms with Gasteiger partial charge in [0.25, 0.3) is 0 Å². The number of hydrogen-bond donors (Lipinski definition) is 2. The molecule has 3 rings (SSSR count). The quantitative estimate of drug-likeness (QED) is 0.906. The summed E-state index contributed by atoms with van der Waals surface area (Å²) < 4.78 is 0. The van der Waals surface area contributed by atoms with Gasteiger partial charge in [0.15, 0.2) is 5.13 Å². The molecule has 5 nitrogen and oxygen atoms in total. The number of rotatable bonds is 3. The molecule has 0 aromatic carbocycles. The number of nitrogens with two attached hydrogens (primary N) is 1. The maximum atomic E-state index is 9.66. The van der Waals surface area contributed by atoms with Gasteiger partial charge in [-0.1, -0.05) is 6.08 Å². The van der Waals surface area contributed by atoms with Crippen molar-refractivity contribution < 1.29 is 5.11 Å². The normalized spacial score (nSPS) is 16.0. The van der Waals surface area contributed by atoms with Crippen LogP contribution in [0.15, 0.2) is 24.4 Å². The Morgan fingerprint density at radius 1 is 1.38 bits per heavy atom. The molecule has 0 spiro atoms. The van der Waals surface area contributed by atoms with Gasteiger partial charge in [-0.25, -0.2) is 4.98 Å². The Balaban J connectivity index is 1.58. The Morgan fingerprint density at radius 3 is 3.10 bits per heavy atom. The van der Waals surface area contributed by atoms with E-state index in [0.717, 1.165) is 38.2 Å². The lowest BCUT2D eigenvalue weighted by molar-refractivity contribution is 0.318. The standard InChI is InChI=1S/C15H18N4OS/c16-15-18-12-5-9-19(10-6-14(12)21-15)8-2-3-11-13(20)4-1-7-17-11/h1-4,7,20H,5-6,8-10H2,(H2,16,18)/b3-2+. The first-order chi connectivity index (χ1) is 10.2. The van der Waals surface area contributed by atoms with E-state index in [1.54, 1.807) is 29.7 Å². The zero-order valence-electron chi connectivity index (χ0n) is 11.7. The summed E-state index contributed by atoms with van der Waals surface area (Å²) in [5.41, 5.74) is 7.53. The second-order valence-electron chi connectivity index (χ2n) is 5.03. The van der Waals surface area contributed by atoms with Crippen LogP contribution >= 0.6 is 11.3 Å². The van der Waals surface area contributed by atoms with Gasteiger partial charge in [0, 0.05) is 37.1 Å². The molecule has 2 aromatic rings. The third-order valence-corrected chi connectivity index (χ3v) is 4.56. The number of nitrogens with zero attached hydrogens (tertiary/aromatic N) is 3. The molecule has 3 heterocycles. The first kappa shape index (κ1) is 14.0. The minimum atomic E-state index is 0.214. The monoisotopic (exact) mass is 302 g/mol. The average Bonchev–Trinajstić information content (AvgIpc) is 2.73. The summed E-state index contributed by atoms with van der Waals surface area (Å²) in [7, 11) is 0. The van der Waals surface area contributed by atoms with E-state index in [2.05, 4.69) is 14.9 Å². The summed E-state index contributed by atoms with van der Waals surface area (Å²) >= 11 is 1.61. The van der Waals surface area contributed by atoms with E-state index < -0.39 is 0 Å². The van der Waals surface area contributed by atoms with E-state index in [1.807, 2.05) is 12.2 Å². The van der Waals surface area contributed by atoms with Gasteiger partial charge in [0.1, 0.15) is 11.4 Å². The summed E-state index contributed by atoms with van der Waals surface area (Å²) in [6.07, 6.45) is 7.55. The molecule has 1 aliphatic rings. The van der Waals surface area contributed by atoms with Gasteiger partial charge in [-0.05, 0) is 24.6 Å². The Morgan fingerprint density at radius 2 is 2.24 bits per heavy atom. The fourth-order valence-corrected chi connectivity index (χ4v) is 3.33. The van der Waals surface area contributed by atoms with Crippen LogP contribution < -0.4 is 5.73 Å². The van der Waals surface area contributed by atoms with Crippen LogP contribution in [0.3, 0.4) is 0 Å². The first-order valence-corrected chi connectivity index (χ1v) is 7.81. The van der Waals surface area contributed by atoms with E-state index >= 15 is 0 Å². The number of aromatic hydroxyl groups is 1. The van der Waals surface area contributed by atoms with Crippen molar-refractivity contribution in [2.24, 2.45) is 0 Å². The van der Waals surface area contributed by atoms with E-state index in [1.165, 1.54) is 4.88 Å². The third kappa shape index (κ3) is 3.40. The van der Waals surface area contributed by atoms with Crippen LogP contribution in [0.4, 0.5) is 5.13 Å². The summed E-state index contributed by atoms with van der Waals surface area (Å²) in [5.74, 6) is 0.214. The number of pyridine rings is 1. The Bertz CT molecular complexity index is 627. The zero-order valence-corrected chi connectivity index (χ0v) is 12.5. The van der Waals surface area contributed by atoms with Crippen molar-refractivity contribution in [1.82, 2.24) is 14.9 Å². The Labute approximate surface area is 127 Å². The van der Waals surface area contributed by atoms with Crippen molar-refractivity contribution in [2.45, 2.75) is 12.8 Å². The number of anilines is 1. The fourth-order valence-electron chi connectivity index (χ4n) is 2.46. The molecule has 110 valence electrons. The first-order valence-electron chi connectivity index (χ1n) is 6.99. The molecule has 0 aliphatic carbocycles. The lowest BCUT2D eigenvalue weighted by Crippen LogP contribution is -2.26. The molecular weight excluding hydrogens is 284 g/mol. The van der Waals surface area contributed by atoms with Crippen LogP contribution in [0.5, 0.6) is 5.75 Å². The molecule has 0 radical (unpaired) electrons. The third-order valence-electron chi connectivity index (χ3n) is 3.57. The molecule has 0 saturated heterocycles. The van der Waals surface area contributed by atoms with Gasteiger partial charge in [0.05, 0.1) is 5.69 Å². The van der Waals surface area contributed by atoms with Gasteiger partial charge in [-0.2, -0.15) is 0 Å². The molecule has 0 amide bonds. The fraction of sp³-hybridized carbons (Fsp3) is 0.333. The number of fused-ring (bicyclic) bond motifs is 1. The van der Waals surface area contributed by atoms with Crippen molar-refractivity contribution in [3.63, 3.8) is 0 Å². The number of thiazole rings is 1. The van der Waals surface area contributed by atoms with Crippen molar-refractivity contribution >= 4 is 22.5 Å². The van der Waals surface area contributed by atoms with Gasteiger partial charge >= 0.3 is 0 Å². The number of nitrogen functional groups attached to an aromatic ring is 1. The van der Waals surface area contributed by atoms with Crippen LogP contribution in [0.1, 0.15) is 16.3 Å². The highest BCUT2D eigenvalue weighted by atomic mass is 32.1. The van der Waals surface area contributed by atoms with Crippen LogP contribution in [0, 0.1) is 0 Å². The Hall–Kier alpha value is -1.92. The summed E-state index contributed by atoms with van der Waals surface area (Å²) in [6, 6.07) is 3.37. The Kier molecular flexibility index (Phi) is 4.17. The van der Waals surface area contributed by atoms with E-state index in [0.29, 0.717) is 10.8 Å². The highest BCUT2D eigenvalue weighted by Crippen LogP contribution is 2.24.